The van der Waals surface area contributed by atoms with E-state index in [1.807, 2.05) is 6.34 Å². The highest BCUT2D eigenvalue weighted by molar-refractivity contribution is 7.84. The molecule has 66 valence electrons. The highest BCUT2D eigenvalue weighted by Gasteiger charge is 2.19. The first-order valence-electron chi connectivity index (χ1n) is 4.50. The van der Waals surface area contributed by atoms with Crippen LogP contribution in [0.1, 0.15) is 19.3 Å². The third-order valence-electron chi connectivity index (χ3n) is 2.55. The maximum atomic E-state index is 4.35. The van der Waals surface area contributed by atoms with E-state index in [2.05, 4.69) is 28.6 Å². The van der Waals surface area contributed by atoms with Crippen LogP contribution in [0.3, 0.4) is 0 Å². The maximum Gasteiger partial charge on any atom is 0.0853 e. The Bertz CT molecular complexity index is 223. The van der Waals surface area contributed by atoms with Gasteiger partial charge in [-0.1, -0.05) is 6.08 Å². The molecule has 0 aromatic rings. The molecule has 0 spiro atoms. The summed E-state index contributed by atoms with van der Waals surface area (Å²) < 4.78 is 0. The molecule has 0 amide bonds. The third-order valence-corrected chi connectivity index (χ3v) is 2.95. The minimum absolute atomic E-state index is 0.687. The molecular weight excluding hydrogens is 168 g/mol. The van der Waals surface area contributed by atoms with Crippen LogP contribution in [0.2, 0.25) is 0 Å². The standard InChI is InChI=1S/C9H14N2S/c12-9-3-1-8(2-4-9)11-6-5-10-7-11/h3,7-8,12H,1-2,4-6H2. The second kappa shape index (κ2) is 3.52. The lowest BCUT2D eigenvalue weighted by molar-refractivity contribution is 0.320. The van der Waals surface area contributed by atoms with E-state index in [0.717, 1.165) is 25.9 Å². The fraction of sp³-hybridized carbons (Fsp3) is 0.667. The highest BCUT2D eigenvalue weighted by atomic mass is 32.1. The van der Waals surface area contributed by atoms with Crippen LogP contribution in [0.15, 0.2) is 16.0 Å². The van der Waals surface area contributed by atoms with Crippen LogP contribution in [0.4, 0.5) is 0 Å². The van der Waals surface area contributed by atoms with Gasteiger partial charge in [-0.25, -0.2) is 0 Å². The SMILES string of the molecule is SC1=CCC(N2C=NCC2)CC1. The molecule has 12 heavy (non-hydrogen) atoms. The fourth-order valence-electron chi connectivity index (χ4n) is 1.78. The van der Waals surface area contributed by atoms with E-state index in [4.69, 9.17) is 0 Å². The average Bonchev–Trinajstić information content (AvgIpc) is 2.58. The molecule has 0 fully saturated rings. The molecule has 0 N–H and O–H groups in total. The molecule has 0 bridgehead atoms. The molecule has 0 aromatic heterocycles. The van der Waals surface area contributed by atoms with E-state index in [0.29, 0.717) is 6.04 Å². The zero-order valence-electron chi connectivity index (χ0n) is 7.11. The smallest absolute Gasteiger partial charge is 0.0853 e. The average molecular weight is 182 g/mol. The van der Waals surface area contributed by atoms with Gasteiger partial charge in [0, 0.05) is 12.6 Å². The molecule has 2 rings (SSSR count). The van der Waals surface area contributed by atoms with Crippen LogP contribution in [0, 0.1) is 0 Å². The van der Waals surface area contributed by atoms with Crippen LogP contribution in [0.25, 0.3) is 0 Å². The van der Waals surface area contributed by atoms with Crippen molar-refractivity contribution >= 4 is 19.0 Å². The Morgan fingerprint density at radius 2 is 2.50 bits per heavy atom. The van der Waals surface area contributed by atoms with Crippen molar-refractivity contribution in [2.24, 2.45) is 4.99 Å². The number of rotatable bonds is 1. The molecule has 2 aliphatic rings. The fourth-order valence-corrected chi connectivity index (χ4v) is 2.01. The largest absolute Gasteiger partial charge is 0.358 e. The summed E-state index contributed by atoms with van der Waals surface area (Å²) in [6.07, 6.45) is 7.76. The second-order valence-electron chi connectivity index (χ2n) is 3.38. The van der Waals surface area contributed by atoms with Gasteiger partial charge in [0.2, 0.25) is 0 Å². The van der Waals surface area contributed by atoms with Gasteiger partial charge in [0.25, 0.3) is 0 Å². The minimum Gasteiger partial charge on any atom is -0.358 e. The summed E-state index contributed by atoms with van der Waals surface area (Å²) in [5.41, 5.74) is 0. The Morgan fingerprint density at radius 1 is 1.58 bits per heavy atom. The topological polar surface area (TPSA) is 15.6 Å². The number of thiol groups is 1. The summed E-state index contributed by atoms with van der Waals surface area (Å²) in [5.74, 6) is 0. The first kappa shape index (κ1) is 8.17. The first-order valence-corrected chi connectivity index (χ1v) is 4.94. The first-order chi connectivity index (χ1) is 5.86. The van der Waals surface area contributed by atoms with Gasteiger partial charge in [-0.3, -0.25) is 4.99 Å². The lowest BCUT2D eigenvalue weighted by Gasteiger charge is -2.28. The van der Waals surface area contributed by atoms with E-state index in [-0.39, 0.29) is 0 Å². The van der Waals surface area contributed by atoms with Crippen molar-refractivity contribution in [3.05, 3.63) is 11.0 Å². The number of allylic oxidation sites excluding steroid dienone is 1. The molecule has 0 radical (unpaired) electrons. The van der Waals surface area contributed by atoms with E-state index < -0.39 is 0 Å². The molecule has 2 nitrogen and oxygen atoms in total. The zero-order chi connectivity index (χ0) is 8.39. The molecule has 0 saturated carbocycles. The van der Waals surface area contributed by atoms with E-state index in [1.165, 1.54) is 11.3 Å². The predicted molar refractivity (Wildman–Crippen MR) is 54.8 cm³/mol. The summed E-state index contributed by atoms with van der Waals surface area (Å²) in [6.45, 7) is 2.09. The molecule has 1 unspecified atom stereocenters. The summed E-state index contributed by atoms with van der Waals surface area (Å²) in [6, 6.07) is 0.687. The number of nitrogens with zero attached hydrogens (tertiary/aromatic N) is 2. The Kier molecular flexibility index (Phi) is 2.40. The van der Waals surface area contributed by atoms with Crippen molar-refractivity contribution in [2.45, 2.75) is 25.3 Å². The van der Waals surface area contributed by atoms with Gasteiger partial charge < -0.3 is 4.90 Å². The Labute approximate surface area is 78.8 Å². The lowest BCUT2D eigenvalue weighted by atomic mass is 10.0. The summed E-state index contributed by atoms with van der Waals surface area (Å²) >= 11 is 4.35. The predicted octanol–water partition coefficient (Wildman–Crippen LogP) is 1.70. The molecular formula is C9H14N2S. The van der Waals surface area contributed by atoms with E-state index >= 15 is 0 Å². The molecule has 3 heteroatoms. The van der Waals surface area contributed by atoms with Crippen molar-refractivity contribution in [3.63, 3.8) is 0 Å². The van der Waals surface area contributed by atoms with Gasteiger partial charge in [-0.15, -0.1) is 12.6 Å². The molecule has 1 atom stereocenters. The molecule has 0 aromatic carbocycles. The van der Waals surface area contributed by atoms with Crippen LogP contribution >= 0.6 is 12.6 Å². The third kappa shape index (κ3) is 1.66. The Morgan fingerprint density at radius 3 is 3.08 bits per heavy atom. The number of hydrogen-bond donors (Lipinski definition) is 1. The molecule has 1 aliphatic heterocycles. The lowest BCUT2D eigenvalue weighted by Crippen LogP contribution is -2.33. The monoisotopic (exact) mass is 182 g/mol. The quantitative estimate of drug-likeness (QED) is 0.610. The van der Waals surface area contributed by atoms with Crippen molar-refractivity contribution in [3.8, 4) is 0 Å². The molecule has 1 heterocycles. The van der Waals surface area contributed by atoms with E-state index in [1.54, 1.807) is 0 Å². The zero-order valence-corrected chi connectivity index (χ0v) is 8.00. The van der Waals surface area contributed by atoms with Gasteiger partial charge in [0.05, 0.1) is 12.9 Å². The molecule has 1 aliphatic carbocycles. The van der Waals surface area contributed by atoms with Crippen molar-refractivity contribution in [1.29, 1.82) is 0 Å². The second-order valence-corrected chi connectivity index (χ2v) is 3.96. The Balaban J connectivity index is 1.94. The van der Waals surface area contributed by atoms with Gasteiger partial charge in [0.15, 0.2) is 0 Å². The van der Waals surface area contributed by atoms with Crippen LogP contribution in [0.5, 0.6) is 0 Å². The Hall–Kier alpha value is -0.440. The van der Waals surface area contributed by atoms with Gasteiger partial charge in [0.1, 0.15) is 0 Å². The van der Waals surface area contributed by atoms with Crippen LogP contribution in [-0.4, -0.2) is 30.4 Å². The van der Waals surface area contributed by atoms with Crippen molar-refractivity contribution in [2.75, 3.05) is 13.1 Å². The minimum atomic E-state index is 0.687. The highest BCUT2D eigenvalue weighted by Crippen LogP contribution is 2.24. The van der Waals surface area contributed by atoms with Gasteiger partial charge in [-0.2, -0.15) is 0 Å². The summed E-state index contributed by atoms with van der Waals surface area (Å²) in [7, 11) is 0. The number of hydrogen-bond acceptors (Lipinski definition) is 3. The molecule has 0 saturated heterocycles. The van der Waals surface area contributed by atoms with Crippen LogP contribution < -0.4 is 0 Å². The van der Waals surface area contributed by atoms with Crippen molar-refractivity contribution < 1.29 is 0 Å². The summed E-state index contributed by atoms with van der Waals surface area (Å²) in [4.78, 5) is 7.83. The normalized spacial score (nSPS) is 29.2. The maximum absolute atomic E-state index is 4.35. The van der Waals surface area contributed by atoms with E-state index in [9.17, 15) is 0 Å². The van der Waals surface area contributed by atoms with Gasteiger partial charge in [-0.05, 0) is 24.2 Å². The van der Waals surface area contributed by atoms with Gasteiger partial charge >= 0.3 is 0 Å². The summed E-state index contributed by atoms with van der Waals surface area (Å²) in [5, 5.41) is 0. The van der Waals surface area contributed by atoms with Crippen LogP contribution in [-0.2, 0) is 0 Å². The number of aliphatic imine (C=N–C) groups is 1. The van der Waals surface area contributed by atoms with Crippen molar-refractivity contribution in [1.82, 2.24) is 4.90 Å².